The van der Waals surface area contributed by atoms with Crippen LogP contribution < -0.4 is 5.01 Å². The summed E-state index contributed by atoms with van der Waals surface area (Å²) in [5.74, 6) is -0.909. The maximum atomic E-state index is 11.0. The summed E-state index contributed by atoms with van der Waals surface area (Å²) in [5, 5.41) is 11.3. The molecular weight excluding hydrogens is 244 g/mol. The van der Waals surface area contributed by atoms with Crippen LogP contribution in [0.3, 0.4) is 0 Å². The molecule has 100 valence electrons. The van der Waals surface area contributed by atoms with Crippen molar-refractivity contribution in [3.05, 3.63) is 30.1 Å². The Kier molecular flexibility index (Phi) is 2.87. The first kappa shape index (κ1) is 12.0. The van der Waals surface area contributed by atoms with Gasteiger partial charge in [-0.05, 0) is 25.2 Å². The standard InChI is InChI=1S/C13H16N4O2/c1-15-4-6-16(7-5-15)17-9-14-11-3-2-10(13(18)19)8-12(11)17/h2-3,8-9H,4-7H2,1H3,(H,18,19). The molecule has 1 aromatic carbocycles. The molecule has 2 heterocycles. The minimum absolute atomic E-state index is 0.295. The van der Waals surface area contributed by atoms with Crippen molar-refractivity contribution in [2.45, 2.75) is 0 Å². The van der Waals surface area contributed by atoms with E-state index in [-0.39, 0.29) is 0 Å². The molecule has 1 N–H and O–H groups in total. The first-order chi connectivity index (χ1) is 9.15. The number of carboxylic acids is 1. The second-order valence-electron chi connectivity index (χ2n) is 4.85. The van der Waals surface area contributed by atoms with E-state index >= 15 is 0 Å². The number of rotatable bonds is 2. The van der Waals surface area contributed by atoms with E-state index in [1.54, 1.807) is 24.5 Å². The van der Waals surface area contributed by atoms with E-state index in [9.17, 15) is 4.79 Å². The molecule has 1 aliphatic rings. The second-order valence-corrected chi connectivity index (χ2v) is 4.85. The Morgan fingerprint density at radius 3 is 2.68 bits per heavy atom. The van der Waals surface area contributed by atoms with Gasteiger partial charge in [0.25, 0.3) is 0 Å². The smallest absolute Gasteiger partial charge is 0.335 e. The summed E-state index contributed by atoms with van der Waals surface area (Å²) in [7, 11) is 2.10. The summed E-state index contributed by atoms with van der Waals surface area (Å²) in [6.07, 6.45) is 1.77. The highest BCUT2D eigenvalue weighted by molar-refractivity contribution is 5.92. The van der Waals surface area contributed by atoms with Crippen molar-refractivity contribution >= 4 is 17.0 Å². The fourth-order valence-electron chi connectivity index (χ4n) is 2.36. The molecule has 1 aliphatic heterocycles. The van der Waals surface area contributed by atoms with Crippen LogP contribution in [-0.2, 0) is 0 Å². The number of aromatic carboxylic acids is 1. The first-order valence-corrected chi connectivity index (χ1v) is 6.29. The van der Waals surface area contributed by atoms with Crippen LogP contribution in [0.25, 0.3) is 11.0 Å². The maximum Gasteiger partial charge on any atom is 0.335 e. The fraction of sp³-hybridized carbons (Fsp3) is 0.385. The molecule has 1 saturated heterocycles. The van der Waals surface area contributed by atoms with Gasteiger partial charge >= 0.3 is 5.97 Å². The Bertz CT molecular complexity index is 614. The van der Waals surface area contributed by atoms with Crippen molar-refractivity contribution in [1.29, 1.82) is 0 Å². The third kappa shape index (κ3) is 2.15. The highest BCUT2D eigenvalue weighted by Gasteiger charge is 2.16. The van der Waals surface area contributed by atoms with Crippen molar-refractivity contribution < 1.29 is 9.90 Å². The van der Waals surface area contributed by atoms with E-state index in [1.165, 1.54) is 0 Å². The van der Waals surface area contributed by atoms with Gasteiger partial charge in [-0.2, -0.15) is 0 Å². The van der Waals surface area contributed by atoms with E-state index in [2.05, 4.69) is 21.9 Å². The number of nitrogens with zero attached hydrogens (tertiary/aromatic N) is 4. The van der Waals surface area contributed by atoms with Crippen molar-refractivity contribution in [3.63, 3.8) is 0 Å². The number of hydrogen-bond donors (Lipinski definition) is 1. The van der Waals surface area contributed by atoms with Gasteiger partial charge < -0.3 is 15.0 Å². The summed E-state index contributed by atoms with van der Waals surface area (Å²) in [6.45, 7) is 3.83. The van der Waals surface area contributed by atoms with E-state index in [0.717, 1.165) is 37.2 Å². The average molecular weight is 260 g/mol. The molecule has 0 saturated carbocycles. The summed E-state index contributed by atoms with van der Waals surface area (Å²) >= 11 is 0. The monoisotopic (exact) mass is 260 g/mol. The molecule has 3 rings (SSSR count). The Labute approximate surface area is 110 Å². The van der Waals surface area contributed by atoms with Gasteiger partial charge in [0.2, 0.25) is 0 Å². The van der Waals surface area contributed by atoms with E-state index in [4.69, 9.17) is 5.11 Å². The Balaban J connectivity index is 1.99. The molecule has 0 radical (unpaired) electrons. The highest BCUT2D eigenvalue weighted by Crippen LogP contribution is 2.16. The number of benzene rings is 1. The van der Waals surface area contributed by atoms with Gasteiger partial charge in [0.05, 0.1) is 16.6 Å². The van der Waals surface area contributed by atoms with E-state index < -0.39 is 5.97 Å². The van der Waals surface area contributed by atoms with E-state index in [1.807, 2.05) is 4.68 Å². The molecule has 6 heteroatoms. The third-order valence-corrected chi connectivity index (χ3v) is 3.56. The van der Waals surface area contributed by atoms with Gasteiger partial charge in [-0.15, -0.1) is 0 Å². The lowest BCUT2D eigenvalue weighted by Gasteiger charge is -2.34. The minimum Gasteiger partial charge on any atom is -0.478 e. The topological polar surface area (TPSA) is 61.6 Å². The largest absolute Gasteiger partial charge is 0.478 e. The number of aromatic nitrogens is 2. The molecule has 0 bridgehead atoms. The zero-order valence-electron chi connectivity index (χ0n) is 10.8. The van der Waals surface area contributed by atoms with Gasteiger partial charge in [-0.3, -0.25) is 0 Å². The van der Waals surface area contributed by atoms with Gasteiger partial charge in [0, 0.05) is 26.2 Å². The number of carboxylic acid groups (broad SMARTS) is 1. The number of carbonyl (C=O) groups is 1. The van der Waals surface area contributed by atoms with Crippen LogP contribution in [0, 0.1) is 0 Å². The number of imidazole rings is 1. The van der Waals surface area contributed by atoms with Crippen LogP contribution in [-0.4, -0.2) is 58.9 Å². The SMILES string of the molecule is CN1CCN(n2cnc3ccc(C(=O)O)cc32)CC1. The molecule has 0 amide bonds. The molecule has 0 unspecified atom stereocenters. The first-order valence-electron chi connectivity index (χ1n) is 6.29. The third-order valence-electron chi connectivity index (χ3n) is 3.56. The van der Waals surface area contributed by atoms with Crippen LogP contribution in [0.5, 0.6) is 0 Å². The number of hydrogen-bond acceptors (Lipinski definition) is 4. The molecule has 0 aliphatic carbocycles. The summed E-state index contributed by atoms with van der Waals surface area (Å²) in [6, 6.07) is 5.03. The molecule has 1 fully saturated rings. The lowest BCUT2D eigenvalue weighted by Crippen LogP contribution is -2.49. The number of fused-ring (bicyclic) bond motifs is 1. The normalized spacial score (nSPS) is 17.0. The van der Waals surface area contributed by atoms with Crippen LogP contribution in [0.4, 0.5) is 0 Å². The van der Waals surface area contributed by atoms with Crippen molar-refractivity contribution in [3.8, 4) is 0 Å². The summed E-state index contributed by atoms with van der Waals surface area (Å²) < 4.78 is 1.97. The Morgan fingerprint density at radius 2 is 2.00 bits per heavy atom. The highest BCUT2D eigenvalue weighted by atomic mass is 16.4. The molecule has 6 nitrogen and oxygen atoms in total. The van der Waals surface area contributed by atoms with Gasteiger partial charge in [-0.25, -0.2) is 14.5 Å². The zero-order valence-corrected chi connectivity index (χ0v) is 10.8. The molecule has 19 heavy (non-hydrogen) atoms. The molecule has 0 atom stereocenters. The summed E-state index contributed by atoms with van der Waals surface area (Å²) in [4.78, 5) is 17.7. The van der Waals surface area contributed by atoms with Crippen molar-refractivity contribution in [2.24, 2.45) is 0 Å². The quantitative estimate of drug-likeness (QED) is 0.857. The minimum atomic E-state index is -0.909. The van der Waals surface area contributed by atoms with Crippen LogP contribution in [0.15, 0.2) is 24.5 Å². The van der Waals surface area contributed by atoms with E-state index in [0.29, 0.717) is 5.56 Å². The molecule has 0 spiro atoms. The Hall–Kier alpha value is -2.08. The predicted octanol–water partition coefficient (Wildman–Crippen LogP) is 0.618. The van der Waals surface area contributed by atoms with Gasteiger partial charge in [0.15, 0.2) is 0 Å². The number of piperazine rings is 1. The van der Waals surface area contributed by atoms with Gasteiger partial charge in [-0.1, -0.05) is 0 Å². The molecule has 2 aromatic rings. The molecular formula is C13H16N4O2. The lowest BCUT2D eigenvalue weighted by molar-refractivity contribution is 0.0697. The average Bonchev–Trinajstić information content (AvgIpc) is 2.82. The van der Waals surface area contributed by atoms with Crippen LogP contribution in [0.1, 0.15) is 10.4 Å². The molecule has 1 aromatic heterocycles. The van der Waals surface area contributed by atoms with Crippen molar-refractivity contribution in [2.75, 3.05) is 38.2 Å². The van der Waals surface area contributed by atoms with Crippen LogP contribution in [0.2, 0.25) is 0 Å². The predicted molar refractivity (Wildman–Crippen MR) is 72.1 cm³/mol. The fourth-order valence-corrected chi connectivity index (χ4v) is 2.36. The van der Waals surface area contributed by atoms with Crippen molar-refractivity contribution in [1.82, 2.24) is 14.6 Å². The van der Waals surface area contributed by atoms with Crippen LogP contribution >= 0.6 is 0 Å². The second kappa shape index (κ2) is 4.55. The Morgan fingerprint density at radius 1 is 1.26 bits per heavy atom. The zero-order chi connectivity index (χ0) is 13.4. The summed E-state index contributed by atoms with van der Waals surface area (Å²) in [5.41, 5.74) is 1.97. The maximum absolute atomic E-state index is 11.0. The number of likely N-dealkylation sites (N-methyl/N-ethyl adjacent to an activating group) is 1. The lowest BCUT2D eigenvalue weighted by atomic mass is 10.2. The van der Waals surface area contributed by atoms with Gasteiger partial charge in [0.1, 0.15) is 6.33 Å².